The Bertz CT molecular complexity index is 1230. The van der Waals surface area contributed by atoms with E-state index in [1.807, 2.05) is 0 Å². The fraction of sp³-hybridized carbons (Fsp3) is 0.615. The lowest BCUT2D eigenvalue weighted by Gasteiger charge is -2.54. The van der Waals surface area contributed by atoms with Crippen LogP contribution in [0.1, 0.15) is 27.2 Å². The fourth-order valence-corrected chi connectivity index (χ4v) is 8.26. The van der Waals surface area contributed by atoms with E-state index in [2.05, 4.69) is 11.4 Å². The van der Waals surface area contributed by atoms with Crippen LogP contribution in [0.15, 0.2) is 21.0 Å². The number of carbonyl (C=O) groups excluding carboxylic acids is 4. The summed E-state index contributed by atoms with van der Waals surface area (Å²) in [5.41, 5.74) is 0.168. The molecule has 2 saturated heterocycles. The summed E-state index contributed by atoms with van der Waals surface area (Å²) in [6.07, 6.45) is 0.197. The van der Waals surface area contributed by atoms with Crippen molar-refractivity contribution in [3.8, 4) is 6.07 Å². The summed E-state index contributed by atoms with van der Waals surface area (Å²) < 4.78 is 9.95. The van der Waals surface area contributed by atoms with Gasteiger partial charge in [-0.25, -0.2) is 0 Å². The number of aliphatic carboxylic acids is 1. The molecule has 2 fully saturated rings. The second kappa shape index (κ2) is 12.4. The number of nitrogens with one attached hydrogen (secondary N) is 1. The number of hydrogen-bond acceptors (Lipinski definition) is 13. The SMILES string of the molecule is CCOC(=O)CSC1=C(SCC(=O)OCC)C(=O)C2=C(C1=O)C(C)[C@H]1[C@@H]3N[C@@H](C[C@H]3C(=O)O)C(C#N)N1[C@H]2CO. The molecule has 4 rings (SSSR count). The number of allylic oxidation sites excluding steroid dienone is 2. The molecule has 40 heavy (non-hydrogen) atoms. The summed E-state index contributed by atoms with van der Waals surface area (Å²) in [5, 5.41) is 33.8. The molecule has 3 N–H and O–H groups in total. The van der Waals surface area contributed by atoms with Gasteiger partial charge in [0, 0.05) is 35.2 Å². The molecule has 0 saturated carbocycles. The quantitative estimate of drug-likeness (QED) is 0.231. The molecule has 0 aromatic rings. The van der Waals surface area contributed by atoms with E-state index >= 15 is 0 Å². The molecule has 1 aliphatic carbocycles. The van der Waals surface area contributed by atoms with E-state index in [0.29, 0.717) is 0 Å². The maximum atomic E-state index is 14.1. The van der Waals surface area contributed by atoms with Crippen LogP contribution in [0.3, 0.4) is 0 Å². The standard InChI is InChI=1S/C26H31N3O9S2/c1-4-37-16(31)9-39-24-22(33)18-11(3)21-20-12(26(35)36)6-13(28-20)14(7-27)29(21)15(8-30)19(18)23(34)25(24)40-10-17(32)38-5-2/h11-15,20-21,28,30H,4-6,8-10H2,1-3H3,(H,35,36)/t11?,12-,13+,14?,15+,20-,21+/m1/s1. The first kappa shape index (κ1) is 30.3. The number of carboxylic acids is 1. The Morgan fingerprint density at radius 2 is 1.60 bits per heavy atom. The topological polar surface area (TPSA) is 183 Å². The Hall–Kier alpha value is -2.70. The molecule has 12 nitrogen and oxygen atoms in total. The lowest BCUT2D eigenvalue weighted by molar-refractivity contribution is -0.143. The largest absolute Gasteiger partial charge is 0.481 e. The molecule has 3 heterocycles. The number of aliphatic hydroxyl groups excluding tert-OH is 1. The monoisotopic (exact) mass is 593 g/mol. The molecule has 2 unspecified atom stereocenters. The van der Waals surface area contributed by atoms with Gasteiger partial charge in [-0.2, -0.15) is 5.26 Å². The summed E-state index contributed by atoms with van der Waals surface area (Å²) in [6.45, 7) is 4.68. The van der Waals surface area contributed by atoms with Crippen molar-refractivity contribution in [1.82, 2.24) is 10.2 Å². The summed E-state index contributed by atoms with van der Waals surface area (Å²) in [6, 6.07) is -1.43. The number of aliphatic hydroxyl groups is 1. The number of carboxylic acid groups (broad SMARTS) is 1. The Morgan fingerprint density at radius 1 is 1.05 bits per heavy atom. The Kier molecular flexibility index (Phi) is 9.41. The highest BCUT2D eigenvalue weighted by Crippen LogP contribution is 2.49. The number of thioether (sulfide) groups is 2. The van der Waals surface area contributed by atoms with Crippen LogP contribution in [0, 0.1) is 23.2 Å². The van der Waals surface area contributed by atoms with Crippen LogP contribution in [0.4, 0.5) is 0 Å². The van der Waals surface area contributed by atoms with Gasteiger partial charge in [0.1, 0.15) is 6.04 Å². The smallest absolute Gasteiger partial charge is 0.316 e. The van der Waals surface area contributed by atoms with Crippen LogP contribution in [0.25, 0.3) is 0 Å². The first-order valence-corrected chi connectivity index (χ1v) is 15.0. The predicted octanol–water partition coefficient (Wildman–Crippen LogP) is 0.257. The average molecular weight is 594 g/mol. The zero-order valence-corrected chi connectivity index (χ0v) is 23.9. The highest BCUT2D eigenvalue weighted by Gasteiger charge is 2.61. The third-order valence-electron chi connectivity index (χ3n) is 7.72. The second-order valence-electron chi connectivity index (χ2n) is 9.81. The van der Waals surface area contributed by atoms with Gasteiger partial charge in [-0.1, -0.05) is 6.92 Å². The van der Waals surface area contributed by atoms with Crippen molar-refractivity contribution in [3.63, 3.8) is 0 Å². The molecule has 0 radical (unpaired) electrons. The minimum absolute atomic E-state index is 0.0113. The molecule has 2 bridgehead atoms. The Balaban J connectivity index is 1.79. The lowest BCUT2D eigenvalue weighted by Crippen LogP contribution is -2.71. The number of ketones is 2. The van der Waals surface area contributed by atoms with E-state index in [9.17, 15) is 39.4 Å². The molecule has 14 heteroatoms. The summed E-state index contributed by atoms with van der Waals surface area (Å²) in [4.78, 5) is 66.2. The van der Waals surface area contributed by atoms with Crippen molar-refractivity contribution in [2.45, 2.75) is 57.4 Å². The normalized spacial score (nSPS) is 31.4. The number of carbonyl (C=O) groups is 5. The van der Waals surface area contributed by atoms with Gasteiger partial charge in [0.25, 0.3) is 0 Å². The molecule has 4 aliphatic rings. The number of piperazine rings is 1. The molecule has 0 spiro atoms. The lowest BCUT2D eigenvalue weighted by atomic mass is 9.71. The van der Waals surface area contributed by atoms with Gasteiger partial charge < -0.3 is 25.0 Å². The zero-order valence-electron chi connectivity index (χ0n) is 22.2. The van der Waals surface area contributed by atoms with Crippen LogP contribution >= 0.6 is 23.5 Å². The van der Waals surface area contributed by atoms with Gasteiger partial charge in [0.2, 0.25) is 0 Å². The predicted molar refractivity (Wildman–Crippen MR) is 144 cm³/mol. The molecular formula is C26H31N3O9S2. The van der Waals surface area contributed by atoms with Crippen molar-refractivity contribution in [2.24, 2.45) is 11.8 Å². The van der Waals surface area contributed by atoms with Crippen molar-refractivity contribution in [3.05, 3.63) is 21.0 Å². The van der Waals surface area contributed by atoms with E-state index in [0.717, 1.165) is 23.5 Å². The second-order valence-corrected chi connectivity index (χ2v) is 11.8. The summed E-state index contributed by atoms with van der Waals surface area (Å²) in [5.74, 6) is -5.30. The highest BCUT2D eigenvalue weighted by atomic mass is 32.2. The van der Waals surface area contributed by atoms with Crippen molar-refractivity contribution >= 4 is 53.0 Å². The first-order valence-electron chi connectivity index (χ1n) is 13.0. The number of nitrogens with zero attached hydrogens (tertiary/aromatic N) is 2. The molecular weight excluding hydrogens is 562 g/mol. The highest BCUT2D eigenvalue weighted by molar-refractivity contribution is 8.08. The Labute approximate surface area is 239 Å². The van der Waals surface area contributed by atoms with Crippen molar-refractivity contribution in [1.29, 1.82) is 5.26 Å². The van der Waals surface area contributed by atoms with Crippen molar-refractivity contribution in [2.75, 3.05) is 31.3 Å². The minimum Gasteiger partial charge on any atom is -0.481 e. The number of nitriles is 1. The molecule has 216 valence electrons. The zero-order chi connectivity index (χ0) is 29.3. The van der Waals surface area contributed by atoms with Crippen LogP contribution in [-0.2, 0) is 33.4 Å². The van der Waals surface area contributed by atoms with Crippen LogP contribution in [0.2, 0.25) is 0 Å². The van der Waals surface area contributed by atoms with Gasteiger partial charge in [-0.05, 0) is 20.3 Å². The van der Waals surface area contributed by atoms with Gasteiger partial charge in [0.05, 0.1) is 59.2 Å². The summed E-state index contributed by atoms with van der Waals surface area (Å²) >= 11 is 1.67. The number of fused-ring (bicyclic) bond motifs is 4. The molecule has 7 atom stereocenters. The number of rotatable bonds is 10. The maximum Gasteiger partial charge on any atom is 0.316 e. The van der Waals surface area contributed by atoms with E-state index in [1.54, 1.807) is 25.7 Å². The molecule has 3 aliphatic heterocycles. The van der Waals surface area contributed by atoms with Gasteiger partial charge >= 0.3 is 17.9 Å². The minimum atomic E-state index is -1.04. The van der Waals surface area contributed by atoms with Gasteiger partial charge in [-0.15, -0.1) is 23.5 Å². The van der Waals surface area contributed by atoms with Crippen molar-refractivity contribution < 1.29 is 43.7 Å². The first-order chi connectivity index (χ1) is 19.1. The van der Waals surface area contributed by atoms with Gasteiger partial charge in [0.15, 0.2) is 11.6 Å². The maximum absolute atomic E-state index is 14.1. The van der Waals surface area contributed by atoms with E-state index < -0.39 is 78.1 Å². The van der Waals surface area contributed by atoms with Crippen LogP contribution in [0.5, 0.6) is 0 Å². The van der Waals surface area contributed by atoms with Gasteiger partial charge in [-0.3, -0.25) is 28.9 Å². The number of Topliss-reactive ketones (excluding diaryl/α,β-unsaturated/α-hetero) is 2. The molecule has 0 aromatic carbocycles. The van der Waals surface area contributed by atoms with E-state index in [1.165, 1.54) is 0 Å². The van der Waals surface area contributed by atoms with E-state index in [4.69, 9.17) is 9.47 Å². The number of ether oxygens (including phenoxy) is 2. The average Bonchev–Trinajstić information content (AvgIpc) is 3.29. The molecule has 0 amide bonds. The summed E-state index contributed by atoms with van der Waals surface area (Å²) in [7, 11) is 0. The van der Waals surface area contributed by atoms with E-state index in [-0.39, 0.29) is 52.1 Å². The Morgan fingerprint density at radius 3 is 2.08 bits per heavy atom. The van der Waals surface area contributed by atoms with Crippen LogP contribution in [-0.4, -0.2) is 106 Å². The van der Waals surface area contributed by atoms with Crippen LogP contribution < -0.4 is 5.32 Å². The number of esters is 2. The third-order valence-corrected chi connectivity index (χ3v) is 9.97. The number of hydrogen-bond donors (Lipinski definition) is 3. The third kappa shape index (κ3) is 5.21. The molecule has 0 aromatic heterocycles. The fourth-order valence-electron chi connectivity index (χ4n) is 6.28.